The molecule has 0 saturated heterocycles. The first-order valence-corrected chi connectivity index (χ1v) is 10.5. The predicted molar refractivity (Wildman–Crippen MR) is 105 cm³/mol. The van der Waals surface area contributed by atoms with Gasteiger partial charge < -0.3 is 19.9 Å². The van der Waals surface area contributed by atoms with Crippen LogP contribution in [-0.4, -0.2) is 58.6 Å². The summed E-state index contributed by atoms with van der Waals surface area (Å²) in [5.74, 6) is -1.37. The molecule has 2 aromatic rings. The van der Waals surface area contributed by atoms with Crippen molar-refractivity contribution in [2.45, 2.75) is 24.9 Å². The van der Waals surface area contributed by atoms with Gasteiger partial charge in [-0.15, -0.1) is 0 Å². The zero-order valence-corrected chi connectivity index (χ0v) is 16.9. The van der Waals surface area contributed by atoms with Gasteiger partial charge in [-0.25, -0.2) is 23.4 Å². The molecular formula is C19H22F2N4O3S. The number of aromatic amines is 1. The number of halogens is 2. The van der Waals surface area contributed by atoms with E-state index in [4.69, 9.17) is 4.74 Å². The Hall–Kier alpha value is -2.62. The van der Waals surface area contributed by atoms with E-state index in [0.29, 0.717) is 24.3 Å². The Labute approximate surface area is 171 Å². The molecule has 10 heteroatoms. The minimum atomic E-state index is -0.843. The number of ether oxygens (including phenoxy) is 1. The standard InChI is InChI=1S/C19H22F2N4O3S/c1-28-18(26)15(6-8-29-2)24-19(27)25-7-5-14-16(23-10-22-14)17(25)12-4-3-11(20)9-13(12)21/h3-4,9-10,15,17H,5-8H2,1-2H3,(H,22,23)(H,24,27)/t15-,17-/m0/s1. The number of fused-ring (bicyclic) bond motifs is 1. The summed E-state index contributed by atoms with van der Waals surface area (Å²) in [6, 6.07) is 1.03. The highest BCUT2D eigenvalue weighted by Gasteiger charge is 2.37. The third-order valence-electron chi connectivity index (χ3n) is 4.84. The van der Waals surface area contributed by atoms with Crippen molar-refractivity contribution >= 4 is 23.8 Å². The van der Waals surface area contributed by atoms with Gasteiger partial charge in [-0.05, 0) is 24.5 Å². The number of carbonyl (C=O) groups excluding carboxylic acids is 2. The van der Waals surface area contributed by atoms with E-state index in [1.807, 2.05) is 6.26 Å². The maximum Gasteiger partial charge on any atom is 0.328 e. The molecule has 2 heterocycles. The zero-order chi connectivity index (χ0) is 21.0. The number of hydrogen-bond acceptors (Lipinski definition) is 5. The van der Waals surface area contributed by atoms with Gasteiger partial charge in [0, 0.05) is 30.3 Å². The van der Waals surface area contributed by atoms with Gasteiger partial charge in [0.25, 0.3) is 0 Å². The smallest absolute Gasteiger partial charge is 0.328 e. The SMILES string of the molecule is COC(=O)[C@H](CCSC)NC(=O)N1CCc2[nH]cnc2[C@@H]1c1ccc(F)cc1F. The monoisotopic (exact) mass is 424 g/mol. The van der Waals surface area contributed by atoms with Gasteiger partial charge in [-0.3, -0.25) is 0 Å². The van der Waals surface area contributed by atoms with E-state index < -0.39 is 35.7 Å². The molecule has 0 radical (unpaired) electrons. The van der Waals surface area contributed by atoms with Crippen molar-refractivity contribution < 1.29 is 23.1 Å². The fraction of sp³-hybridized carbons (Fsp3) is 0.421. The molecule has 0 unspecified atom stereocenters. The summed E-state index contributed by atoms with van der Waals surface area (Å²) in [7, 11) is 1.26. The van der Waals surface area contributed by atoms with Crippen LogP contribution in [0.1, 0.15) is 29.4 Å². The highest BCUT2D eigenvalue weighted by atomic mass is 32.2. The molecular weight excluding hydrogens is 402 g/mol. The maximum absolute atomic E-state index is 14.6. The van der Waals surface area contributed by atoms with Crippen LogP contribution in [0.15, 0.2) is 24.5 Å². The Kier molecular flexibility index (Phi) is 6.73. The van der Waals surface area contributed by atoms with Crippen molar-refractivity contribution in [1.29, 1.82) is 0 Å². The lowest BCUT2D eigenvalue weighted by molar-refractivity contribution is -0.142. The molecule has 1 aliphatic rings. The normalized spacial score (nSPS) is 16.8. The average molecular weight is 424 g/mol. The summed E-state index contributed by atoms with van der Waals surface area (Å²) >= 11 is 1.54. The second kappa shape index (κ2) is 9.25. The molecule has 0 saturated carbocycles. The number of nitrogens with zero attached hydrogens (tertiary/aromatic N) is 2. The number of H-pyrrole nitrogens is 1. The molecule has 2 N–H and O–H groups in total. The Bertz CT molecular complexity index is 892. The highest BCUT2D eigenvalue weighted by molar-refractivity contribution is 7.98. The van der Waals surface area contributed by atoms with Crippen molar-refractivity contribution in [1.82, 2.24) is 20.2 Å². The second-order valence-corrected chi connectivity index (χ2v) is 7.57. The van der Waals surface area contributed by atoms with Crippen molar-refractivity contribution in [3.8, 4) is 0 Å². The van der Waals surface area contributed by atoms with Gasteiger partial charge in [-0.1, -0.05) is 6.07 Å². The van der Waals surface area contributed by atoms with Crippen LogP contribution in [-0.2, 0) is 16.0 Å². The number of esters is 1. The van der Waals surface area contributed by atoms with E-state index in [1.54, 1.807) is 11.8 Å². The molecule has 1 aliphatic heterocycles. The summed E-state index contributed by atoms with van der Waals surface area (Å²) in [5, 5.41) is 2.69. The molecule has 3 rings (SSSR count). The Morgan fingerprint density at radius 3 is 2.93 bits per heavy atom. The van der Waals surface area contributed by atoms with Crippen LogP contribution in [0.5, 0.6) is 0 Å². The van der Waals surface area contributed by atoms with Crippen molar-refractivity contribution in [2.75, 3.05) is 25.7 Å². The third kappa shape index (κ3) is 4.52. The van der Waals surface area contributed by atoms with E-state index in [9.17, 15) is 18.4 Å². The number of carbonyl (C=O) groups is 2. The van der Waals surface area contributed by atoms with Crippen LogP contribution < -0.4 is 5.32 Å². The largest absolute Gasteiger partial charge is 0.467 e. The molecule has 0 spiro atoms. The quantitative estimate of drug-likeness (QED) is 0.697. The molecule has 156 valence electrons. The number of urea groups is 1. The topological polar surface area (TPSA) is 87.3 Å². The maximum atomic E-state index is 14.6. The number of rotatable bonds is 6. The molecule has 0 aliphatic carbocycles. The van der Waals surface area contributed by atoms with E-state index in [-0.39, 0.29) is 12.1 Å². The van der Waals surface area contributed by atoms with Gasteiger partial charge in [0.2, 0.25) is 0 Å². The summed E-state index contributed by atoms with van der Waals surface area (Å²) in [5.41, 5.74) is 1.42. The fourth-order valence-electron chi connectivity index (χ4n) is 3.39. The minimum Gasteiger partial charge on any atom is -0.467 e. The number of hydrogen-bond donors (Lipinski definition) is 2. The molecule has 29 heavy (non-hydrogen) atoms. The lowest BCUT2D eigenvalue weighted by atomic mass is 9.95. The molecule has 7 nitrogen and oxygen atoms in total. The molecule has 2 amide bonds. The van der Waals surface area contributed by atoms with Gasteiger partial charge in [0.15, 0.2) is 0 Å². The summed E-state index contributed by atoms with van der Waals surface area (Å²) in [6.45, 7) is 0.277. The van der Waals surface area contributed by atoms with E-state index in [0.717, 1.165) is 17.8 Å². The predicted octanol–water partition coefficient (Wildman–Crippen LogP) is 2.64. The van der Waals surface area contributed by atoms with Gasteiger partial charge >= 0.3 is 12.0 Å². The third-order valence-corrected chi connectivity index (χ3v) is 5.48. The minimum absolute atomic E-state index is 0.133. The van der Waals surface area contributed by atoms with Gasteiger partial charge in [0.1, 0.15) is 23.7 Å². The summed E-state index contributed by atoms with van der Waals surface area (Å²) in [4.78, 5) is 33.8. The number of amides is 2. The second-order valence-electron chi connectivity index (χ2n) is 6.58. The molecule has 0 fully saturated rings. The molecule has 1 aromatic heterocycles. The zero-order valence-electron chi connectivity index (χ0n) is 16.1. The molecule has 0 bridgehead atoms. The van der Waals surface area contributed by atoms with E-state index in [1.165, 1.54) is 24.4 Å². The molecule has 1 aromatic carbocycles. The fourth-order valence-corrected chi connectivity index (χ4v) is 3.86. The first-order valence-electron chi connectivity index (χ1n) is 9.07. The Morgan fingerprint density at radius 1 is 1.45 bits per heavy atom. The lowest BCUT2D eigenvalue weighted by Gasteiger charge is -2.36. The first kappa shape index (κ1) is 21.1. The number of imidazole rings is 1. The van der Waals surface area contributed by atoms with Gasteiger partial charge in [0.05, 0.1) is 19.1 Å². The summed E-state index contributed by atoms with van der Waals surface area (Å²) in [6.07, 6.45) is 4.27. The Balaban J connectivity index is 1.91. The van der Waals surface area contributed by atoms with Crippen LogP contribution in [0, 0.1) is 11.6 Å². The van der Waals surface area contributed by atoms with Crippen LogP contribution in [0.3, 0.4) is 0 Å². The van der Waals surface area contributed by atoms with Crippen molar-refractivity contribution in [3.05, 3.63) is 53.1 Å². The number of benzene rings is 1. The highest BCUT2D eigenvalue weighted by Crippen LogP contribution is 2.35. The number of nitrogens with one attached hydrogen (secondary N) is 2. The number of aromatic nitrogens is 2. The van der Waals surface area contributed by atoms with Crippen LogP contribution >= 0.6 is 11.8 Å². The summed E-state index contributed by atoms with van der Waals surface area (Å²) < 4.78 is 32.8. The van der Waals surface area contributed by atoms with Crippen LogP contribution in [0.2, 0.25) is 0 Å². The first-order chi connectivity index (χ1) is 14.0. The number of thioether (sulfide) groups is 1. The van der Waals surface area contributed by atoms with Crippen LogP contribution in [0.25, 0.3) is 0 Å². The van der Waals surface area contributed by atoms with E-state index >= 15 is 0 Å². The lowest BCUT2D eigenvalue weighted by Crippen LogP contribution is -2.51. The Morgan fingerprint density at radius 2 is 2.24 bits per heavy atom. The van der Waals surface area contributed by atoms with Crippen LogP contribution in [0.4, 0.5) is 13.6 Å². The van der Waals surface area contributed by atoms with Gasteiger partial charge in [-0.2, -0.15) is 11.8 Å². The van der Waals surface area contributed by atoms with Crippen molar-refractivity contribution in [3.63, 3.8) is 0 Å². The average Bonchev–Trinajstić information content (AvgIpc) is 3.19. The van der Waals surface area contributed by atoms with Crippen molar-refractivity contribution in [2.24, 2.45) is 0 Å². The molecule has 2 atom stereocenters. The van der Waals surface area contributed by atoms with E-state index in [2.05, 4.69) is 15.3 Å². The number of methoxy groups -OCH3 is 1.